The predicted molar refractivity (Wildman–Crippen MR) is 67.2 cm³/mol. The van der Waals surface area contributed by atoms with Crippen LogP contribution in [-0.4, -0.2) is 47.3 Å². The molecule has 0 bridgehead atoms. The minimum absolute atomic E-state index is 0.213. The maximum Gasteiger partial charge on any atom is 0.323 e. The molecule has 1 aliphatic rings. The predicted octanol–water partition coefficient (Wildman–Crippen LogP) is 2.13. The Labute approximate surface area is 104 Å². The van der Waals surface area contributed by atoms with E-state index in [9.17, 15) is 9.90 Å². The molecule has 1 heterocycles. The maximum absolute atomic E-state index is 11.5. The molecule has 2 atom stereocenters. The number of carbonyl (C=O) groups is 1. The molecule has 0 aromatic carbocycles. The Morgan fingerprint density at radius 1 is 1.53 bits per heavy atom. The van der Waals surface area contributed by atoms with Crippen LogP contribution in [0.15, 0.2) is 0 Å². The number of hydrogen-bond acceptors (Lipinski definition) is 3. The standard InChI is InChI=1S/C13H25NO3/c1-4-8-13(3,12(15)16)14(5-2)10-11-7-6-9-17-11/h11H,4-10H2,1-3H3,(H,15,16). The molecule has 17 heavy (non-hydrogen) atoms. The lowest BCUT2D eigenvalue weighted by atomic mass is 9.93. The van der Waals surface area contributed by atoms with Crippen LogP contribution in [0.4, 0.5) is 0 Å². The first-order chi connectivity index (χ1) is 8.04. The zero-order valence-corrected chi connectivity index (χ0v) is 11.2. The zero-order valence-electron chi connectivity index (χ0n) is 11.2. The first-order valence-electron chi connectivity index (χ1n) is 6.64. The Kier molecular flexibility index (Phi) is 5.40. The Morgan fingerprint density at radius 3 is 2.65 bits per heavy atom. The van der Waals surface area contributed by atoms with Gasteiger partial charge in [0, 0.05) is 13.2 Å². The van der Waals surface area contributed by atoms with E-state index in [2.05, 4.69) is 4.90 Å². The van der Waals surface area contributed by atoms with Crippen LogP contribution < -0.4 is 0 Å². The summed E-state index contributed by atoms with van der Waals surface area (Å²) in [5.74, 6) is -0.723. The lowest BCUT2D eigenvalue weighted by Crippen LogP contribution is -2.54. The summed E-state index contributed by atoms with van der Waals surface area (Å²) in [7, 11) is 0. The SMILES string of the molecule is CCCC(C)(C(=O)O)N(CC)CC1CCCO1. The van der Waals surface area contributed by atoms with Crippen LogP contribution in [0.2, 0.25) is 0 Å². The second-order valence-electron chi connectivity index (χ2n) is 5.00. The minimum atomic E-state index is -0.755. The van der Waals surface area contributed by atoms with Crippen molar-refractivity contribution in [3.05, 3.63) is 0 Å². The van der Waals surface area contributed by atoms with E-state index in [1.165, 1.54) is 0 Å². The molecule has 1 N–H and O–H groups in total. The van der Waals surface area contributed by atoms with Crippen LogP contribution in [0.1, 0.15) is 46.5 Å². The number of carboxylic acids is 1. The number of rotatable bonds is 7. The molecule has 1 rings (SSSR count). The summed E-state index contributed by atoms with van der Waals surface area (Å²) in [6, 6.07) is 0. The summed E-state index contributed by atoms with van der Waals surface area (Å²) in [6.07, 6.45) is 3.93. The van der Waals surface area contributed by atoms with Gasteiger partial charge in [0.15, 0.2) is 0 Å². The van der Waals surface area contributed by atoms with Gasteiger partial charge in [-0.15, -0.1) is 0 Å². The van der Waals surface area contributed by atoms with Gasteiger partial charge in [-0.3, -0.25) is 9.69 Å². The van der Waals surface area contributed by atoms with Gasteiger partial charge in [-0.2, -0.15) is 0 Å². The highest BCUT2D eigenvalue weighted by molar-refractivity contribution is 5.78. The molecular formula is C13H25NO3. The van der Waals surface area contributed by atoms with Gasteiger partial charge in [-0.1, -0.05) is 20.3 Å². The fourth-order valence-electron chi connectivity index (χ4n) is 2.60. The Morgan fingerprint density at radius 2 is 2.24 bits per heavy atom. The van der Waals surface area contributed by atoms with Crippen molar-refractivity contribution >= 4 is 5.97 Å². The third-order valence-corrected chi connectivity index (χ3v) is 3.73. The van der Waals surface area contributed by atoms with Gasteiger partial charge in [0.05, 0.1) is 6.10 Å². The lowest BCUT2D eigenvalue weighted by molar-refractivity contribution is -0.152. The van der Waals surface area contributed by atoms with Crippen molar-refractivity contribution in [2.24, 2.45) is 0 Å². The molecule has 0 aliphatic carbocycles. The van der Waals surface area contributed by atoms with E-state index < -0.39 is 11.5 Å². The van der Waals surface area contributed by atoms with E-state index in [0.29, 0.717) is 6.42 Å². The molecule has 1 saturated heterocycles. The van der Waals surface area contributed by atoms with Crippen LogP contribution >= 0.6 is 0 Å². The highest BCUT2D eigenvalue weighted by Crippen LogP contribution is 2.24. The van der Waals surface area contributed by atoms with Crippen LogP contribution in [0.3, 0.4) is 0 Å². The average Bonchev–Trinajstić information content (AvgIpc) is 2.78. The molecule has 1 fully saturated rings. The number of nitrogens with zero attached hydrogens (tertiary/aromatic N) is 1. The summed E-state index contributed by atoms with van der Waals surface area (Å²) in [5, 5.41) is 9.46. The fourth-order valence-corrected chi connectivity index (χ4v) is 2.60. The van der Waals surface area contributed by atoms with Gasteiger partial charge in [-0.05, 0) is 32.7 Å². The van der Waals surface area contributed by atoms with Crippen molar-refractivity contribution < 1.29 is 14.6 Å². The van der Waals surface area contributed by atoms with E-state index in [1.54, 1.807) is 0 Å². The number of ether oxygens (including phenoxy) is 1. The molecule has 0 aromatic rings. The number of likely N-dealkylation sites (N-methyl/N-ethyl adjacent to an activating group) is 1. The Bertz CT molecular complexity index is 251. The summed E-state index contributed by atoms with van der Waals surface area (Å²) >= 11 is 0. The monoisotopic (exact) mass is 243 g/mol. The second-order valence-corrected chi connectivity index (χ2v) is 5.00. The molecule has 0 aromatic heterocycles. The number of aliphatic carboxylic acids is 1. The minimum Gasteiger partial charge on any atom is -0.480 e. The van der Waals surface area contributed by atoms with Crippen molar-refractivity contribution in [2.45, 2.75) is 58.1 Å². The molecule has 0 saturated carbocycles. The normalized spacial score (nSPS) is 23.9. The third kappa shape index (κ3) is 3.42. The van der Waals surface area contributed by atoms with Crippen molar-refractivity contribution in [1.82, 2.24) is 4.90 Å². The zero-order chi connectivity index (χ0) is 12.9. The first-order valence-corrected chi connectivity index (χ1v) is 6.64. The lowest BCUT2D eigenvalue weighted by Gasteiger charge is -2.38. The summed E-state index contributed by atoms with van der Waals surface area (Å²) < 4.78 is 5.60. The molecule has 0 amide bonds. The topological polar surface area (TPSA) is 49.8 Å². The van der Waals surface area contributed by atoms with Gasteiger partial charge in [-0.25, -0.2) is 0 Å². The molecule has 2 unspecified atom stereocenters. The van der Waals surface area contributed by atoms with E-state index in [0.717, 1.165) is 39.0 Å². The summed E-state index contributed by atoms with van der Waals surface area (Å²) in [4.78, 5) is 13.6. The second kappa shape index (κ2) is 6.36. The molecule has 0 spiro atoms. The quantitative estimate of drug-likeness (QED) is 0.744. The largest absolute Gasteiger partial charge is 0.480 e. The van der Waals surface area contributed by atoms with E-state index in [1.807, 2.05) is 20.8 Å². The van der Waals surface area contributed by atoms with Crippen molar-refractivity contribution in [3.8, 4) is 0 Å². The fraction of sp³-hybridized carbons (Fsp3) is 0.923. The molecule has 4 heteroatoms. The van der Waals surface area contributed by atoms with Crippen LogP contribution in [0.25, 0.3) is 0 Å². The molecular weight excluding hydrogens is 218 g/mol. The third-order valence-electron chi connectivity index (χ3n) is 3.73. The van der Waals surface area contributed by atoms with Crippen molar-refractivity contribution in [3.63, 3.8) is 0 Å². The van der Waals surface area contributed by atoms with Crippen molar-refractivity contribution in [1.29, 1.82) is 0 Å². The maximum atomic E-state index is 11.5. The molecule has 4 nitrogen and oxygen atoms in total. The summed E-state index contributed by atoms with van der Waals surface area (Å²) in [5.41, 5.74) is -0.755. The van der Waals surface area contributed by atoms with E-state index >= 15 is 0 Å². The van der Waals surface area contributed by atoms with Crippen molar-refractivity contribution in [2.75, 3.05) is 19.7 Å². The molecule has 100 valence electrons. The highest BCUT2D eigenvalue weighted by atomic mass is 16.5. The average molecular weight is 243 g/mol. The Balaban J connectivity index is 2.69. The van der Waals surface area contributed by atoms with Gasteiger partial charge >= 0.3 is 5.97 Å². The molecule has 0 radical (unpaired) electrons. The van der Waals surface area contributed by atoms with Crippen LogP contribution in [0, 0.1) is 0 Å². The summed E-state index contributed by atoms with van der Waals surface area (Å²) in [6.45, 7) is 8.19. The Hall–Kier alpha value is -0.610. The van der Waals surface area contributed by atoms with Crippen LogP contribution in [-0.2, 0) is 9.53 Å². The smallest absolute Gasteiger partial charge is 0.323 e. The van der Waals surface area contributed by atoms with E-state index in [-0.39, 0.29) is 6.10 Å². The van der Waals surface area contributed by atoms with Crippen LogP contribution in [0.5, 0.6) is 0 Å². The van der Waals surface area contributed by atoms with Gasteiger partial charge in [0.1, 0.15) is 5.54 Å². The molecule has 1 aliphatic heterocycles. The van der Waals surface area contributed by atoms with Gasteiger partial charge in [0.2, 0.25) is 0 Å². The number of carboxylic acid groups (broad SMARTS) is 1. The number of hydrogen-bond donors (Lipinski definition) is 1. The van der Waals surface area contributed by atoms with E-state index in [4.69, 9.17) is 4.74 Å². The van der Waals surface area contributed by atoms with Gasteiger partial charge in [0.25, 0.3) is 0 Å². The first kappa shape index (κ1) is 14.5. The highest BCUT2D eigenvalue weighted by Gasteiger charge is 2.39. The van der Waals surface area contributed by atoms with Gasteiger partial charge < -0.3 is 9.84 Å².